The highest BCUT2D eigenvalue weighted by molar-refractivity contribution is 6.08. The molecule has 0 bridgehead atoms. The lowest BCUT2D eigenvalue weighted by Gasteiger charge is -2.43. The molecule has 1 aliphatic carbocycles. The monoisotopic (exact) mass is 426 g/mol. The number of benzene rings is 1. The van der Waals surface area contributed by atoms with Crippen molar-refractivity contribution in [1.82, 2.24) is 9.47 Å². The van der Waals surface area contributed by atoms with E-state index in [0.717, 1.165) is 30.2 Å². The standard InChI is InChI=1S/C24H30N2O5/c1-2-5-20(27)18-13-26(19-7-4-3-6-17(18)19)14-22(29)25-11-10-21(28)24(15-25,23(30)31)12-16-8-9-16/h3-4,6-7,13,16,21,28H,2,5,8-12,14-15H2,1H3,(H,30,31)/t21-,24+/m1/s1. The Hall–Kier alpha value is -2.67. The number of nitrogens with zero attached hydrogens (tertiary/aromatic N) is 2. The molecule has 2 heterocycles. The minimum absolute atomic E-state index is 0.0274. The predicted molar refractivity (Wildman–Crippen MR) is 116 cm³/mol. The molecule has 0 radical (unpaired) electrons. The third-order valence-electron chi connectivity index (χ3n) is 6.78. The van der Waals surface area contributed by atoms with Crippen LogP contribution in [0.2, 0.25) is 0 Å². The summed E-state index contributed by atoms with van der Waals surface area (Å²) in [5.74, 6) is -0.839. The van der Waals surface area contributed by atoms with Crippen LogP contribution in [0.4, 0.5) is 0 Å². The molecular formula is C24H30N2O5. The maximum Gasteiger partial charge on any atom is 0.314 e. The maximum atomic E-state index is 13.2. The van der Waals surface area contributed by atoms with Gasteiger partial charge in [0.25, 0.3) is 0 Å². The summed E-state index contributed by atoms with van der Waals surface area (Å²) in [5, 5.41) is 21.3. The lowest BCUT2D eigenvalue weighted by Crippen LogP contribution is -2.57. The van der Waals surface area contributed by atoms with Gasteiger partial charge >= 0.3 is 5.97 Å². The van der Waals surface area contributed by atoms with Crippen molar-refractivity contribution in [2.75, 3.05) is 13.1 Å². The van der Waals surface area contributed by atoms with Gasteiger partial charge in [-0.3, -0.25) is 14.4 Å². The maximum absolute atomic E-state index is 13.2. The van der Waals surface area contributed by atoms with Crippen molar-refractivity contribution in [3.63, 3.8) is 0 Å². The Morgan fingerprint density at radius 1 is 1.16 bits per heavy atom. The van der Waals surface area contributed by atoms with Gasteiger partial charge in [0.05, 0.1) is 6.10 Å². The molecule has 1 aliphatic heterocycles. The lowest BCUT2D eigenvalue weighted by molar-refractivity contribution is -0.167. The number of hydrogen-bond donors (Lipinski definition) is 2. The van der Waals surface area contributed by atoms with Gasteiger partial charge in [0.1, 0.15) is 12.0 Å². The Morgan fingerprint density at radius 3 is 2.58 bits per heavy atom. The summed E-state index contributed by atoms with van der Waals surface area (Å²) in [6.07, 6.45) is 4.65. The molecule has 2 atom stereocenters. The smallest absolute Gasteiger partial charge is 0.314 e. The zero-order valence-electron chi connectivity index (χ0n) is 17.9. The molecule has 2 aromatic rings. The normalized spacial score (nSPS) is 23.8. The largest absolute Gasteiger partial charge is 0.481 e. The minimum atomic E-state index is -1.30. The molecule has 1 saturated heterocycles. The van der Waals surface area contributed by atoms with E-state index in [0.29, 0.717) is 30.9 Å². The molecule has 0 spiro atoms. The molecule has 0 unspecified atom stereocenters. The number of rotatable bonds is 8. The van der Waals surface area contributed by atoms with Crippen molar-refractivity contribution in [1.29, 1.82) is 0 Å². The van der Waals surface area contributed by atoms with Crippen LogP contribution in [0.5, 0.6) is 0 Å². The molecule has 2 N–H and O–H groups in total. The van der Waals surface area contributed by atoms with Crippen LogP contribution in [0.15, 0.2) is 30.5 Å². The van der Waals surface area contributed by atoms with E-state index in [-0.39, 0.29) is 31.2 Å². The first-order chi connectivity index (χ1) is 14.9. The SMILES string of the molecule is CCCC(=O)c1cn(CC(=O)N2CC[C@@H](O)[C@@](CC3CC3)(C(=O)O)C2)c2ccccc12. The molecule has 1 aromatic carbocycles. The third-order valence-corrected chi connectivity index (χ3v) is 6.78. The first-order valence-corrected chi connectivity index (χ1v) is 11.2. The Kier molecular flexibility index (Phi) is 5.88. The van der Waals surface area contributed by atoms with Gasteiger partial charge in [-0.05, 0) is 31.2 Å². The van der Waals surface area contributed by atoms with Crippen LogP contribution in [0.3, 0.4) is 0 Å². The predicted octanol–water partition coefficient (Wildman–Crippen LogP) is 3.09. The van der Waals surface area contributed by atoms with Crippen LogP contribution in [-0.2, 0) is 16.1 Å². The molecule has 166 valence electrons. The van der Waals surface area contributed by atoms with Gasteiger partial charge in [-0.2, -0.15) is 0 Å². The lowest BCUT2D eigenvalue weighted by atomic mass is 9.73. The van der Waals surface area contributed by atoms with Crippen molar-refractivity contribution in [2.45, 2.75) is 58.1 Å². The molecule has 4 rings (SSSR count). The summed E-state index contributed by atoms with van der Waals surface area (Å²) in [6, 6.07) is 7.53. The van der Waals surface area contributed by atoms with Gasteiger partial charge in [0.15, 0.2) is 5.78 Å². The molecule has 7 nitrogen and oxygen atoms in total. The highest BCUT2D eigenvalue weighted by Gasteiger charge is 2.52. The van der Waals surface area contributed by atoms with Crippen molar-refractivity contribution in [3.05, 3.63) is 36.0 Å². The number of fused-ring (bicyclic) bond motifs is 1. The summed E-state index contributed by atoms with van der Waals surface area (Å²) in [6.45, 7) is 2.36. The average molecular weight is 427 g/mol. The third kappa shape index (κ3) is 4.11. The molecule has 7 heteroatoms. The van der Waals surface area contributed by atoms with E-state index in [1.165, 1.54) is 0 Å². The molecule has 1 saturated carbocycles. The number of amides is 1. The number of carboxylic acids is 1. The Labute approximate surface area is 181 Å². The molecule has 2 fully saturated rings. The van der Waals surface area contributed by atoms with Crippen molar-refractivity contribution >= 4 is 28.6 Å². The first kappa shape index (κ1) is 21.6. The van der Waals surface area contributed by atoms with Gasteiger partial charge in [-0.25, -0.2) is 0 Å². The first-order valence-electron chi connectivity index (χ1n) is 11.2. The average Bonchev–Trinajstić information content (AvgIpc) is 3.49. The van der Waals surface area contributed by atoms with E-state index >= 15 is 0 Å². The number of ketones is 1. The Balaban J connectivity index is 1.57. The van der Waals surface area contributed by atoms with Gasteiger partial charge in [-0.15, -0.1) is 0 Å². The second kappa shape index (κ2) is 8.46. The van der Waals surface area contributed by atoms with Gasteiger partial charge < -0.3 is 19.7 Å². The second-order valence-corrected chi connectivity index (χ2v) is 9.09. The van der Waals surface area contributed by atoms with Gasteiger partial charge in [0.2, 0.25) is 5.91 Å². The van der Waals surface area contributed by atoms with Crippen LogP contribution < -0.4 is 0 Å². The van der Waals surface area contributed by atoms with Crippen LogP contribution in [0.25, 0.3) is 10.9 Å². The van der Waals surface area contributed by atoms with E-state index < -0.39 is 17.5 Å². The highest BCUT2D eigenvalue weighted by Crippen LogP contribution is 2.45. The number of Topliss-reactive ketones (excluding diaryl/α,β-unsaturated/α-hetero) is 1. The number of aliphatic hydroxyl groups excluding tert-OH is 1. The van der Waals surface area contributed by atoms with E-state index in [2.05, 4.69) is 0 Å². The quantitative estimate of drug-likeness (QED) is 0.632. The fraction of sp³-hybridized carbons (Fsp3) is 0.542. The number of carboxylic acid groups (broad SMARTS) is 1. The number of carbonyl (C=O) groups is 3. The number of aliphatic hydroxyl groups is 1. The van der Waals surface area contributed by atoms with E-state index in [4.69, 9.17) is 0 Å². The molecule has 31 heavy (non-hydrogen) atoms. The van der Waals surface area contributed by atoms with Crippen LogP contribution in [0, 0.1) is 11.3 Å². The number of hydrogen-bond acceptors (Lipinski definition) is 4. The molecule has 2 aliphatic rings. The van der Waals surface area contributed by atoms with Crippen molar-refractivity contribution < 1.29 is 24.6 Å². The number of aliphatic carboxylic acids is 1. The Bertz CT molecular complexity index is 1010. The zero-order valence-corrected chi connectivity index (χ0v) is 17.9. The number of carbonyl (C=O) groups excluding carboxylic acids is 2. The fourth-order valence-corrected chi connectivity index (χ4v) is 4.83. The Morgan fingerprint density at radius 2 is 1.90 bits per heavy atom. The molecule has 1 aromatic heterocycles. The number of likely N-dealkylation sites (tertiary alicyclic amines) is 1. The van der Waals surface area contributed by atoms with Crippen molar-refractivity contribution in [3.8, 4) is 0 Å². The van der Waals surface area contributed by atoms with Crippen LogP contribution >= 0.6 is 0 Å². The summed E-state index contributed by atoms with van der Waals surface area (Å²) in [4.78, 5) is 39.5. The molecular weight excluding hydrogens is 396 g/mol. The van der Waals surface area contributed by atoms with E-state index in [9.17, 15) is 24.6 Å². The summed E-state index contributed by atoms with van der Waals surface area (Å²) in [7, 11) is 0. The molecule has 1 amide bonds. The number of aromatic nitrogens is 1. The summed E-state index contributed by atoms with van der Waals surface area (Å²) >= 11 is 0. The minimum Gasteiger partial charge on any atom is -0.481 e. The highest BCUT2D eigenvalue weighted by atomic mass is 16.4. The fourth-order valence-electron chi connectivity index (χ4n) is 4.83. The van der Waals surface area contributed by atoms with Gasteiger partial charge in [-0.1, -0.05) is 38.0 Å². The zero-order chi connectivity index (χ0) is 22.2. The van der Waals surface area contributed by atoms with Crippen LogP contribution in [-0.4, -0.2) is 56.5 Å². The summed E-state index contributed by atoms with van der Waals surface area (Å²) in [5.41, 5.74) is 0.138. The number of para-hydroxylation sites is 1. The van der Waals surface area contributed by atoms with E-state index in [1.54, 1.807) is 15.7 Å². The van der Waals surface area contributed by atoms with E-state index in [1.807, 2.05) is 31.2 Å². The summed E-state index contributed by atoms with van der Waals surface area (Å²) < 4.78 is 1.79. The second-order valence-electron chi connectivity index (χ2n) is 9.09. The number of piperidine rings is 1. The van der Waals surface area contributed by atoms with Gasteiger partial charge in [0, 0.05) is 42.2 Å². The van der Waals surface area contributed by atoms with Crippen molar-refractivity contribution in [2.24, 2.45) is 11.3 Å². The topological polar surface area (TPSA) is 99.8 Å². The van der Waals surface area contributed by atoms with Crippen LogP contribution in [0.1, 0.15) is 55.8 Å².